The largest absolute Gasteiger partial charge is 0.476 e. The van der Waals surface area contributed by atoms with E-state index in [-0.39, 0.29) is 30.5 Å². The molecule has 2 atom stereocenters. The van der Waals surface area contributed by atoms with Gasteiger partial charge in [-0.3, -0.25) is 0 Å². The fourth-order valence-electron chi connectivity index (χ4n) is 1.69. The van der Waals surface area contributed by atoms with Crippen LogP contribution in [0.2, 0.25) is 0 Å². The highest BCUT2D eigenvalue weighted by atomic mass is 16.5. The van der Waals surface area contributed by atoms with Crippen molar-refractivity contribution >= 4 is 12.0 Å². The van der Waals surface area contributed by atoms with Crippen LogP contribution in [0.3, 0.4) is 0 Å². The summed E-state index contributed by atoms with van der Waals surface area (Å²) in [6, 6.07) is 0.273. The molecule has 0 radical (unpaired) electrons. The zero-order chi connectivity index (χ0) is 12.4. The van der Waals surface area contributed by atoms with Gasteiger partial charge in [-0.2, -0.15) is 4.98 Å². The number of aliphatic hydroxyl groups excluding tert-OH is 1. The Labute approximate surface area is 97.6 Å². The van der Waals surface area contributed by atoms with E-state index < -0.39 is 5.97 Å². The molecule has 0 bridgehead atoms. The Hall–Kier alpha value is -1.60. The summed E-state index contributed by atoms with van der Waals surface area (Å²) < 4.78 is 10.5. The maximum absolute atomic E-state index is 10.7. The van der Waals surface area contributed by atoms with E-state index in [9.17, 15) is 4.79 Å². The maximum atomic E-state index is 10.7. The number of hydrogen-bond acceptors (Lipinski definition) is 6. The first-order valence-electron chi connectivity index (χ1n) is 5.29. The molecule has 7 nitrogen and oxygen atoms in total. The second kappa shape index (κ2) is 4.72. The Morgan fingerprint density at radius 3 is 3.06 bits per heavy atom. The summed E-state index contributed by atoms with van der Waals surface area (Å²) >= 11 is 0. The van der Waals surface area contributed by atoms with Crippen LogP contribution in [0.15, 0.2) is 10.7 Å². The molecular weight excluding hydrogens is 228 g/mol. The van der Waals surface area contributed by atoms with E-state index in [0.29, 0.717) is 13.2 Å². The van der Waals surface area contributed by atoms with Crippen LogP contribution in [-0.4, -0.2) is 53.1 Å². The molecule has 1 aliphatic heterocycles. The number of rotatable bonds is 3. The predicted octanol–water partition coefficient (Wildman–Crippen LogP) is -0.0412. The molecule has 2 N–H and O–H groups in total. The number of ether oxygens (including phenoxy) is 1. The minimum absolute atomic E-state index is 0.0260. The molecule has 0 saturated carbocycles. The standard InChI is InChI=1S/C10H14N2O5/c1-6-4-16-7(3-13)2-12(6)10-11-8(5-17-10)9(14)15/h5-7,13H,2-4H2,1H3,(H,14,15). The zero-order valence-electron chi connectivity index (χ0n) is 9.37. The van der Waals surface area contributed by atoms with Gasteiger partial charge in [0.05, 0.1) is 31.9 Å². The summed E-state index contributed by atoms with van der Waals surface area (Å²) in [4.78, 5) is 16.4. The van der Waals surface area contributed by atoms with Gasteiger partial charge in [-0.05, 0) is 6.92 Å². The number of anilines is 1. The number of carboxylic acid groups (broad SMARTS) is 1. The molecule has 0 aromatic carbocycles. The molecule has 2 unspecified atom stereocenters. The van der Waals surface area contributed by atoms with Crippen LogP contribution in [0, 0.1) is 0 Å². The number of aromatic carboxylic acids is 1. The zero-order valence-corrected chi connectivity index (χ0v) is 9.37. The first-order chi connectivity index (χ1) is 8.11. The fourth-order valence-corrected chi connectivity index (χ4v) is 1.69. The average Bonchev–Trinajstić information content (AvgIpc) is 2.79. The summed E-state index contributed by atoms with van der Waals surface area (Å²) in [5, 5.41) is 17.8. The van der Waals surface area contributed by atoms with Gasteiger partial charge in [-0.15, -0.1) is 0 Å². The average molecular weight is 242 g/mol. The second-order valence-corrected chi connectivity index (χ2v) is 3.96. The van der Waals surface area contributed by atoms with Crippen LogP contribution in [0.5, 0.6) is 0 Å². The van der Waals surface area contributed by atoms with Gasteiger partial charge in [-0.25, -0.2) is 4.79 Å². The number of hydrogen-bond donors (Lipinski definition) is 2. The van der Waals surface area contributed by atoms with E-state index in [0.717, 1.165) is 6.26 Å². The van der Waals surface area contributed by atoms with Gasteiger partial charge in [0.1, 0.15) is 6.26 Å². The van der Waals surface area contributed by atoms with E-state index in [4.69, 9.17) is 19.4 Å². The van der Waals surface area contributed by atoms with Crippen molar-refractivity contribution in [2.45, 2.75) is 19.1 Å². The molecule has 1 aromatic heterocycles. The third-order valence-electron chi connectivity index (χ3n) is 2.67. The molecule has 2 heterocycles. The first kappa shape index (κ1) is 11.9. The molecule has 1 saturated heterocycles. The van der Waals surface area contributed by atoms with Gasteiger partial charge in [0, 0.05) is 0 Å². The van der Waals surface area contributed by atoms with Crippen LogP contribution >= 0.6 is 0 Å². The van der Waals surface area contributed by atoms with Crippen molar-refractivity contribution in [2.24, 2.45) is 0 Å². The van der Waals surface area contributed by atoms with Crippen LogP contribution in [-0.2, 0) is 4.74 Å². The summed E-state index contributed by atoms with van der Waals surface area (Å²) in [5.74, 6) is -1.13. The number of aromatic nitrogens is 1. The SMILES string of the molecule is CC1COC(CO)CN1c1nc(C(=O)O)co1. The summed E-state index contributed by atoms with van der Waals surface area (Å²) in [7, 11) is 0. The Balaban J connectivity index is 2.15. The van der Waals surface area contributed by atoms with Gasteiger partial charge in [0.2, 0.25) is 0 Å². The Bertz CT molecular complexity index is 405. The van der Waals surface area contributed by atoms with E-state index in [1.165, 1.54) is 0 Å². The second-order valence-electron chi connectivity index (χ2n) is 3.96. The summed E-state index contributed by atoms with van der Waals surface area (Å²) in [6.45, 7) is 2.70. The molecule has 17 heavy (non-hydrogen) atoms. The van der Waals surface area contributed by atoms with E-state index in [2.05, 4.69) is 4.98 Å². The van der Waals surface area contributed by atoms with Crippen molar-refractivity contribution < 1.29 is 24.2 Å². The monoisotopic (exact) mass is 242 g/mol. The van der Waals surface area contributed by atoms with Crippen LogP contribution < -0.4 is 4.90 Å². The smallest absolute Gasteiger partial charge is 0.357 e. The summed E-state index contributed by atoms with van der Waals surface area (Å²) in [6.07, 6.45) is 0.805. The normalized spacial score (nSPS) is 24.9. The highest BCUT2D eigenvalue weighted by Crippen LogP contribution is 2.21. The molecule has 7 heteroatoms. The van der Waals surface area contributed by atoms with Crippen molar-refractivity contribution in [3.05, 3.63) is 12.0 Å². The number of carbonyl (C=O) groups is 1. The maximum Gasteiger partial charge on any atom is 0.357 e. The lowest BCUT2D eigenvalue weighted by atomic mass is 10.2. The van der Waals surface area contributed by atoms with Crippen LogP contribution in [0.1, 0.15) is 17.4 Å². The van der Waals surface area contributed by atoms with E-state index in [1.807, 2.05) is 6.92 Å². The Morgan fingerprint density at radius 1 is 1.71 bits per heavy atom. The van der Waals surface area contributed by atoms with Gasteiger partial charge in [-0.1, -0.05) is 0 Å². The minimum atomic E-state index is -1.13. The number of nitrogens with zero attached hydrogens (tertiary/aromatic N) is 2. The van der Waals surface area contributed by atoms with Crippen LogP contribution in [0.4, 0.5) is 6.01 Å². The molecule has 1 fully saturated rings. The first-order valence-corrected chi connectivity index (χ1v) is 5.29. The van der Waals surface area contributed by atoms with Crippen molar-refractivity contribution in [3.8, 4) is 0 Å². The number of oxazole rings is 1. The Kier molecular flexibility index (Phi) is 3.30. The van der Waals surface area contributed by atoms with E-state index >= 15 is 0 Å². The van der Waals surface area contributed by atoms with Crippen molar-refractivity contribution in [3.63, 3.8) is 0 Å². The molecule has 2 rings (SSSR count). The summed E-state index contributed by atoms with van der Waals surface area (Å²) in [5.41, 5.74) is -0.126. The molecule has 0 spiro atoms. The number of carboxylic acids is 1. The highest BCUT2D eigenvalue weighted by Gasteiger charge is 2.29. The molecular formula is C10H14N2O5. The van der Waals surface area contributed by atoms with Crippen LogP contribution in [0.25, 0.3) is 0 Å². The fraction of sp³-hybridized carbons (Fsp3) is 0.600. The quantitative estimate of drug-likeness (QED) is 0.767. The van der Waals surface area contributed by atoms with Gasteiger partial charge in [0.25, 0.3) is 6.01 Å². The van der Waals surface area contributed by atoms with E-state index in [1.54, 1.807) is 4.90 Å². The Morgan fingerprint density at radius 2 is 2.47 bits per heavy atom. The minimum Gasteiger partial charge on any atom is -0.476 e. The van der Waals surface area contributed by atoms with Crippen molar-refractivity contribution in [2.75, 3.05) is 24.7 Å². The molecule has 0 amide bonds. The van der Waals surface area contributed by atoms with Crippen molar-refractivity contribution in [1.82, 2.24) is 4.98 Å². The van der Waals surface area contributed by atoms with Gasteiger partial charge >= 0.3 is 5.97 Å². The lowest BCUT2D eigenvalue weighted by molar-refractivity contribution is -0.0118. The lowest BCUT2D eigenvalue weighted by Gasteiger charge is -2.36. The van der Waals surface area contributed by atoms with Gasteiger partial charge < -0.3 is 24.3 Å². The lowest BCUT2D eigenvalue weighted by Crippen LogP contribution is -2.49. The van der Waals surface area contributed by atoms with Crippen molar-refractivity contribution in [1.29, 1.82) is 0 Å². The molecule has 0 aliphatic carbocycles. The number of morpholine rings is 1. The topological polar surface area (TPSA) is 96.0 Å². The third kappa shape index (κ3) is 2.40. The predicted molar refractivity (Wildman–Crippen MR) is 57.1 cm³/mol. The highest BCUT2D eigenvalue weighted by molar-refractivity contribution is 5.85. The number of aliphatic hydroxyl groups is 1. The molecule has 1 aliphatic rings. The third-order valence-corrected chi connectivity index (χ3v) is 2.67. The molecule has 94 valence electrons. The van der Waals surface area contributed by atoms with Gasteiger partial charge in [0.15, 0.2) is 5.69 Å². The molecule has 1 aromatic rings.